The second-order valence-corrected chi connectivity index (χ2v) is 5.41. The number of ether oxygens (including phenoxy) is 1. The smallest absolute Gasteiger partial charge is 0.202 e. The van der Waals surface area contributed by atoms with Gasteiger partial charge in [0, 0.05) is 6.04 Å². The van der Waals surface area contributed by atoms with Gasteiger partial charge in [-0.3, -0.25) is 0 Å². The lowest BCUT2D eigenvalue weighted by Gasteiger charge is -2.15. The topological polar surface area (TPSA) is 47.3 Å². The van der Waals surface area contributed by atoms with Gasteiger partial charge in [0.15, 0.2) is 5.58 Å². The van der Waals surface area contributed by atoms with Crippen molar-refractivity contribution in [2.45, 2.75) is 38.6 Å². The average molecular weight is 274 g/mol. The molecule has 2 unspecified atom stereocenters. The predicted octanol–water partition coefficient (Wildman–Crippen LogP) is 2.87. The Labute approximate surface area is 119 Å². The summed E-state index contributed by atoms with van der Waals surface area (Å²) < 4.78 is 11.5. The molecule has 1 aliphatic heterocycles. The van der Waals surface area contributed by atoms with Crippen LogP contribution >= 0.6 is 0 Å². The number of rotatable bonds is 5. The van der Waals surface area contributed by atoms with E-state index in [0.717, 1.165) is 43.0 Å². The van der Waals surface area contributed by atoms with Crippen molar-refractivity contribution in [2.75, 3.05) is 19.8 Å². The number of oxazole rings is 1. The molecule has 0 spiro atoms. The molecule has 1 aromatic carbocycles. The van der Waals surface area contributed by atoms with Gasteiger partial charge in [-0.1, -0.05) is 19.9 Å². The quantitative estimate of drug-likeness (QED) is 0.910. The summed E-state index contributed by atoms with van der Waals surface area (Å²) in [6.45, 7) is 6.75. The van der Waals surface area contributed by atoms with Crippen LogP contribution in [0.4, 0.5) is 0 Å². The van der Waals surface area contributed by atoms with Crippen LogP contribution in [0.1, 0.15) is 37.6 Å². The minimum atomic E-state index is 0.221. The maximum absolute atomic E-state index is 5.93. The van der Waals surface area contributed by atoms with Crippen LogP contribution in [0.5, 0.6) is 0 Å². The second-order valence-electron chi connectivity index (χ2n) is 5.41. The van der Waals surface area contributed by atoms with E-state index in [1.807, 2.05) is 6.07 Å². The third-order valence-electron chi connectivity index (χ3n) is 3.93. The summed E-state index contributed by atoms with van der Waals surface area (Å²) in [7, 11) is 0. The number of hydrogen-bond acceptors (Lipinski definition) is 4. The molecule has 0 amide bonds. The minimum Gasteiger partial charge on any atom is -0.440 e. The SMILES string of the molecule is CCCNC1COCC1c1nc2cc(CC)ccc2o1. The van der Waals surface area contributed by atoms with E-state index in [4.69, 9.17) is 9.15 Å². The van der Waals surface area contributed by atoms with E-state index in [-0.39, 0.29) is 5.92 Å². The van der Waals surface area contributed by atoms with Crippen molar-refractivity contribution in [2.24, 2.45) is 0 Å². The minimum absolute atomic E-state index is 0.221. The lowest BCUT2D eigenvalue weighted by molar-refractivity contribution is 0.186. The van der Waals surface area contributed by atoms with Crippen LogP contribution in [0.3, 0.4) is 0 Å². The van der Waals surface area contributed by atoms with Crippen LogP contribution in [0.25, 0.3) is 11.1 Å². The Morgan fingerprint density at radius 1 is 1.30 bits per heavy atom. The van der Waals surface area contributed by atoms with Gasteiger partial charge >= 0.3 is 0 Å². The molecular weight excluding hydrogens is 252 g/mol. The largest absolute Gasteiger partial charge is 0.440 e. The van der Waals surface area contributed by atoms with Crippen LogP contribution in [0.2, 0.25) is 0 Å². The van der Waals surface area contributed by atoms with Crippen LogP contribution in [-0.2, 0) is 11.2 Å². The fourth-order valence-corrected chi connectivity index (χ4v) is 2.70. The van der Waals surface area contributed by atoms with Crippen molar-refractivity contribution >= 4 is 11.1 Å². The number of nitrogens with one attached hydrogen (secondary N) is 1. The summed E-state index contributed by atoms with van der Waals surface area (Å²) in [5.74, 6) is 1.03. The molecule has 1 fully saturated rings. The Kier molecular flexibility index (Phi) is 4.03. The van der Waals surface area contributed by atoms with Crippen molar-refractivity contribution in [3.05, 3.63) is 29.7 Å². The van der Waals surface area contributed by atoms with Gasteiger partial charge in [-0.25, -0.2) is 4.98 Å². The van der Waals surface area contributed by atoms with Gasteiger partial charge in [0.25, 0.3) is 0 Å². The zero-order valence-electron chi connectivity index (χ0n) is 12.2. The number of hydrogen-bond donors (Lipinski definition) is 1. The summed E-state index contributed by atoms with van der Waals surface area (Å²) in [5.41, 5.74) is 3.12. The van der Waals surface area contributed by atoms with E-state index >= 15 is 0 Å². The average Bonchev–Trinajstić information content (AvgIpc) is 3.09. The summed E-state index contributed by atoms with van der Waals surface area (Å²) in [4.78, 5) is 4.67. The van der Waals surface area contributed by atoms with Gasteiger partial charge < -0.3 is 14.5 Å². The number of aryl methyl sites for hydroxylation is 1. The van der Waals surface area contributed by atoms with E-state index in [2.05, 4.69) is 36.3 Å². The van der Waals surface area contributed by atoms with Gasteiger partial charge in [0.05, 0.1) is 19.1 Å². The molecule has 0 radical (unpaired) electrons. The van der Waals surface area contributed by atoms with E-state index in [0.29, 0.717) is 12.6 Å². The molecule has 4 nitrogen and oxygen atoms in total. The maximum atomic E-state index is 5.93. The highest BCUT2D eigenvalue weighted by molar-refractivity contribution is 5.73. The van der Waals surface area contributed by atoms with Gasteiger partial charge in [-0.05, 0) is 37.1 Å². The first-order chi connectivity index (χ1) is 9.81. The van der Waals surface area contributed by atoms with Gasteiger partial charge in [0.1, 0.15) is 5.52 Å². The second kappa shape index (κ2) is 5.94. The molecular formula is C16H22N2O2. The summed E-state index contributed by atoms with van der Waals surface area (Å²) >= 11 is 0. The Hall–Kier alpha value is -1.39. The molecule has 0 bridgehead atoms. The van der Waals surface area contributed by atoms with E-state index in [1.165, 1.54) is 5.56 Å². The molecule has 2 heterocycles. The molecule has 1 saturated heterocycles. The molecule has 20 heavy (non-hydrogen) atoms. The normalized spacial score (nSPS) is 22.7. The zero-order chi connectivity index (χ0) is 13.9. The fraction of sp³-hybridized carbons (Fsp3) is 0.562. The fourth-order valence-electron chi connectivity index (χ4n) is 2.70. The number of aromatic nitrogens is 1. The van der Waals surface area contributed by atoms with Crippen LogP contribution in [0, 0.1) is 0 Å². The summed E-state index contributed by atoms with van der Waals surface area (Å²) in [6.07, 6.45) is 2.14. The highest BCUT2D eigenvalue weighted by Gasteiger charge is 2.32. The van der Waals surface area contributed by atoms with Crippen molar-refractivity contribution in [1.29, 1.82) is 0 Å². The number of benzene rings is 1. The third kappa shape index (κ3) is 2.58. The highest BCUT2D eigenvalue weighted by Crippen LogP contribution is 2.28. The number of fused-ring (bicyclic) bond motifs is 1. The van der Waals surface area contributed by atoms with Crippen LogP contribution in [-0.4, -0.2) is 30.8 Å². The Bertz CT molecular complexity index is 579. The van der Waals surface area contributed by atoms with Gasteiger partial charge in [-0.2, -0.15) is 0 Å². The standard InChI is InChI=1S/C16H22N2O2/c1-3-7-17-14-10-19-9-12(14)16-18-13-8-11(4-2)5-6-15(13)20-16/h5-6,8,12,14,17H,3-4,7,9-10H2,1-2H3. The molecule has 2 aromatic rings. The molecule has 4 heteroatoms. The molecule has 2 atom stereocenters. The summed E-state index contributed by atoms with van der Waals surface area (Å²) in [6, 6.07) is 6.56. The first-order valence-electron chi connectivity index (χ1n) is 7.52. The highest BCUT2D eigenvalue weighted by atomic mass is 16.5. The van der Waals surface area contributed by atoms with E-state index in [1.54, 1.807) is 0 Å². The summed E-state index contributed by atoms with van der Waals surface area (Å²) in [5, 5.41) is 3.52. The molecule has 0 saturated carbocycles. The molecule has 1 aromatic heterocycles. The van der Waals surface area contributed by atoms with Gasteiger partial charge in [0.2, 0.25) is 5.89 Å². The van der Waals surface area contributed by atoms with Crippen LogP contribution < -0.4 is 5.32 Å². The lowest BCUT2D eigenvalue weighted by Crippen LogP contribution is -2.34. The molecule has 0 aliphatic carbocycles. The number of nitrogens with zero attached hydrogens (tertiary/aromatic N) is 1. The monoisotopic (exact) mass is 274 g/mol. The van der Waals surface area contributed by atoms with Gasteiger partial charge in [-0.15, -0.1) is 0 Å². The molecule has 1 aliphatic rings. The van der Waals surface area contributed by atoms with Crippen molar-refractivity contribution in [1.82, 2.24) is 10.3 Å². The Morgan fingerprint density at radius 2 is 2.20 bits per heavy atom. The molecule has 108 valence electrons. The lowest BCUT2D eigenvalue weighted by atomic mass is 10.0. The zero-order valence-corrected chi connectivity index (χ0v) is 12.2. The first-order valence-corrected chi connectivity index (χ1v) is 7.52. The van der Waals surface area contributed by atoms with E-state index < -0.39 is 0 Å². The first kappa shape index (κ1) is 13.6. The van der Waals surface area contributed by atoms with Crippen molar-refractivity contribution in [3.63, 3.8) is 0 Å². The molecule has 3 rings (SSSR count). The maximum Gasteiger partial charge on any atom is 0.202 e. The van der Waals surface area contributed by atoms with Crippen molar-refractivity contribution < 1.29 is 9.15 Å². The van der Waals surface area contributed by atoms with E-state index in [9.17, 15) is 0 Å². The van der Waals surface area contributed by atoms with Crippen LogP contribution in [0.15, 0.2) is 22.6 Å². The third-order valence-corrected chi connectivity index (χ3v) is 3.93. The molecule has 1 N–H and O–H groups in total. The Morgan fingerprint density at radius 3 is 3.00 bits per heavy atom. The van der Waals surface area contributed by atoms with Crippen molar-refractivity contribution in [3.8, 4) is 0 Å². The Balaban J connectivity index is 1.85. The predicted molar refractivity (Wildman–Crippen MR) is 79.0 cm³/mol.